The number of nitrogens with one attached hydrogen (secondary N) is 1. The van der Waals surface area contributed by atoms with Crippen LogP contribution in [0.2, 0.25) is 5.02 Å². The van der Waals surface area contributed by atoms with E-state index in [1.807, 2.05) is 6.07 Å². The summed E-state index contributed by atoms with van der Waals surface area (Å²) >= 11 is 5.81. The third kappa shape index (κ3) is 4.97. The van der Waals surface area contributed by atoms with E-state index in [0.717, 1.165) is 4.31 Å². The van der Waals surface area contributed by atoms with Gasteiger partial charge in [-0.05, 0) is 61.4 Å². The maximum absolute atomic E-state index is 12.9. The van der Waals surface area contributed by atoms with Gasteiger partial charge in [0.15, 0.2) is 6.61 Å². The summed E-state index contributed by atoms with van der Waals surface area (Å²) in [5.74, 6) is -1.35. The smallest absolute Gasteiger partial charge is 0.324 e. The van der Waals surface area contributed by atoms with E-state index in [2.05, 4.69) is 5.32 Å². The number of hydrogen-bond donors (Lipinski definition) is 1. The van der Waals surface area contributed by atoms with Crippen molar-refractivity contribution in [2.75, 3.05) is 18.5 Å². The maximum atomic E-state index is 12.9. The van der Waals surface area contributed by atoms with Crippen molar-refractivity contribution >= 4 is 39.2 Å². The Labute approximate surface area is 179 Å². The number of carbonyl (C=O) groups is 2. The van der Waals surface area contributed by atoms with Crippen molar-refractivity contribution in [1.29, 1.82) is 5.26 Å². The molecule has 2 aromatic rings. The van der Waals surface area contributed by atoms with Crippen molar-refractivity contribution in [1.82, 2.24) is 4.31 Å². The average Bonchev–Trinajstić information content (AvgIpc) is 3.24. The second-order valence-electron chi connectivity index (χ2n) is 6.57. The first-order valence-corrected chi connectivity index (χ1v) is 10.9. The van der Waals surface area contributed by atoms with E-state index < -0.39 is 34.5 Å². The zero-order valence-corrected chi connectivity index (χ0v) is 17.3. The molecule has 30 heavy (non-hydrogen) atoms. The van der Waals surface area contributed by atoms with Gasteiger partial charge in [-0.2, -0.15) is 9.57 Å². The summed E-state index contributed by atoms with van der Waals surface area (Å²) in [5.41, 5.74) is 0.894. The number of halogens is 1. The SMILES string of the molecule is N#Cc1ccc(NC(=O)COC(=O)[C@@H]2CCCN2S(=O)(=O)c2ccc(Cl)cc2)cc1. The van der Waals surface area contributed by atoms with Gasteiger partial charge in [0.25, 0.3) is 5.91 Å². The van der Waals surface area contributed by atoms with E-state index in [4.69, 9.17) is 21.6 Å². The summed E-state index contributed by atoms with van der Waals surface area (Å²) in [6, 6.07) is 12.8. The van der Waals surface area contributed by atoms with Gasteiger partial charge in [0, 0.05) is 17.3 Å². The first-order valence-electron chi connectivity index (χ1n) is 9.05. The number of carbonyl (C=O) groups excluding carboxylic acids is 2. The molecule has 0 bridgehead atoms. The van der Waals surface area contributed by atoms with Gasteiger partial charge in [-0.3, -0.25) is 9.59 Å². The van der Waals surface area contributed by atoms with Crippen LogP contribution in [0.15, 0.2) is 53.4 Å². The molecule has 0 aromatic heterocycles. The Bertz CT molecular complexity index is 1080. The number of nitriles is 1. The van der Waals surface area contributed by atoms with Crippen LogP contribution in [0, 0.1) is 11.3 Å². The molecule has 1 heterocycles. The molecule has 1 atom stereocenters. The molecule has 1 amide bonds. The lowest BCUT2D eigenvalue weighted by molar-refractivity contribution is -0.150. The van der Waals surface area contributed by atoms with E-state index in [1.165, 1.54) is 24.3 Å². The highest BCUT2D eigenvalue weighted by Gasteiger charge is 2.40. The van der Waals surface area contributed by atoms with Crippen LogP contribution in [0.1, 0.15) is 18.4 Å². The summed E-state index contributed by atoms with van der Waals surface area (Å²) in [4.78, 5) is 24.5. The molecular weight excluding hydrogens is 430 g/mol. The first kappa shape index (κ1) is 21.8. The number of hydrogen-bond acceptors (Lipinski definition) is 6. The molecule has 1 saturated heterocycles. The second-order valence-corrected chi connectivity index (χ2v) is 8.90. The minimum atomic E-state index is -3.90. The number of benzene rings is 2. The van der Waals surface area contributed by atoms with Crippen molar-refractivity contribution in [2.24, 2.45) is 0 Å². The van der Waals surface area contributed by atoms with Gasteiger partial charge in [0.1, 0.15) is 6.04 Å². The largest absolute Gasteiger partial charge is 0.454 e. The molecule has 0 saturated carbocycles. The van der Waals surface area contributed by atoms with Crippen LogP contribution in [-0.2, 0) is 24.3 Å². The lowest BCUT2D eigenvalue weighted by atomic mass is 10.2. The third-order valence-corrected chi connectivity index (χ3v) is 6.71. The normalized spacial score (nSPS) is 16.6. The predicted octanol–water partition coefficient (Wildman–Crippen LogP) is 2.55. The molecule has 0 spiro atoms. The summed E-state index contributed by atoms with van der Waals surface area (Å²) in [6.45, 7) is -0.369. The lowest BCUT2D eigenvalue weighted by Crippen LogP contribution is -2.42. The Kier molecular flexibility index (Phi) is 6.72. The average molecular weight is 448 g/mol. The number of esters is 1. The Balaban J connectivity index is 1.60. The third-order valence-electron chi connectivity index (χ3n) is 4.54. The van der Waals surface area contributed by atoms with Gasteiger partial charge in [0.2, 0.25) is 10.0 Å². The quantitative estimate of drug-likeness (QED) is 0.680. The second kappa shape index (κ2) is 9.26. The summed E-state index contributed by atoms with van der Waals surface area (Å²) in [7, 11) is -3.90. The Hall–Kier alpha value is -2.93. The fraction of sp³-hybridized carbons (Fsp3) is 0.250. The first-order chi connectivity index (χ1) is 14.3. The molecule has 2 aromatic carbocycles. The van der Waals surface area contributed by atoms with Crippen LogP contribution < -0.4 is 5.32 Å². The molecule has 0 aliphatic carbocycles. The zero-order chi connectivity index (χ0) is 21.7. The number of amides is 1. The fourth-order valence-electron chi connectivity index (χ4n) is 3.06. The minimum absolute atomic E-state index is 0.0326. The Morgan fingerprint density at radius 2 is 1.83 bits per heavy atom. The van der Waals surface area contributed by atoms with Crippen LogP contribution in [0.3, 0.4) is 0 Å². The van der Waals surface area contributed by atoms with Crippen molar-refractivity contribution in [2.45, 2.75) is 23.8 Å². The van der Waals surface area contributed by atoms with Crippen molar-refractivity contribution < 1.29 is 22.7 Å². The molecule has 1 N–H and O–H groups in total. The highest BCUT2D eigenvalue weighted by molar-refractivity contribution is 7.89. The van der Waals surface area contributed by atoms with Crippen LogP contribution in [0.4, 0.5) is 5.69 Å². The zero-order valence-electron chi connectivity index (χ0n) is 15.7. The van der Waals surface area contributed by atoms with Gasteiger partial charge in [0.05, 0.1) is 16.5 Å². The van der Waals surface area contributed by atoms with Crippen molar-refractivity contribution in [3.8, 4) is 6.07 Å². The Morgan fingerprint density at radius 1 is 1.17 bits per heavy atom. The summed E-state index contributed by atoms with van der Waals surface area (Å²) in [5, 5.41) is 11.7. The monoisotopic (exact) mass is 447 g/mol. The molecule has 0 radical (unpaired) electrons. The number of sulfonamides is 1. The van der Waals surface area contributed by atoms with Crippen molar-refractivity contribution in [3.63, 3.8) is 0 Å². The standard InChI is InChI=1S/C20H18ClN3O5S/c21-15-5-9-17(10-6-15)30(27,28)24-11-1-2-18(24)20(26)29-13-19(25)23-16-7-3-14(12-22)4-8-16/h3-10,18H,1-2,11,13H2,(H,23,25)/t18-/m0/s1. The predicted molar refractivity (Wildman–Crippen MR) is 109 cm³/mol. The number of rotatable bonds is 6. The van der Waals surface area contributed by atoms with Crippen LogP contribution in [0.25, 0.3) is 0 Å². The highest BCUT2D eigenvalue weighted by Crippen LogP contribution is 2.27. The van der Waals surface area contributed by atoms with Crippen LogP contribution in [0.5, 0.6) is 0 Å². The topological polar surface area (TPSA) is 117 Å². The van der Waals surface area contributed by atoms with Gasteiger partial charge < -0.3 is 10.1 Å². The fourth-order valence-corrected chi connectivity index (χ4v) is 4.84. The molecular formula is C20H18ClN3O5S. The molecule has 0 unspecified atom stereocenters. The van der Waals surface area contributed by atoms with Gasteiger partial charge >= 0.3 is 5.97 Å². The Morgan fingerprint density at radius 3 is 2.47 bits per heavy atom. The van der Waals surface area contributed by atoms with Gasteiger partial charge in [-0.25, -0.2) is 8.42 Å². The number of anilines is 1. The summed E-state index contributed by atoms with van der Waals surface area (Å²) < 4.78 is 31.9. The van der Waals surface area contributed by atoms with Gasteiger partial charge in [-0.1, -0.05) is 11.6 Å². The maximum Gasteiger partial charge on any atom is 0.324 e. The molecule has 1 aliphatic rings. The lowest BCUT2D eigenvalue weighted by Gasteiger charge is -2.22. The molecule has 10 heteroatoms. The highest BCUT2D eigenvalue weighted by atomic mass is 35.5. The molecule has 3 rings (SSSR count). The van der Waals surface area contributed by atoms with E-state index in [0.29, 0.717) is 29.1 Å². The molecule has 1 fully saturated rings. The number of nitrogens with zero attached hydrogens (tertiary/aromatic N) is 2. The van der Waals surface area contributed by atoms with E-state index in [9.17, 15) is 18.0 Å². The van der Waals surface area contributed by atoms with E-state index in [-0.39, 0.29) is 11.4 Å². The van der Waals surface area contributed by atoms with E-state index in [1.54, 1.807) is 24.3 Å². The van der Waals surface area contributed by atoms with E-state index >= 15 is 0 Å². The number of ether oxygens (including phenoxy) is 1. The van der Waals surface area contributed by atoms with Crippen molar-refractivity contribution in [3.05, 3.63) is 59.1 Å². The molecule has 156 valence electrons. The minimum Gasteiger partial charge on any atom is -0.454 e. The van der Waals surface area contributed by atoms with Crippen LogP contribution in [-0.4, -0.2) is 43.8 Å². The van der Waals surface area contributed by atoms with Gasteiger partial charge in [-0.15, -0.1) is 0 Å². The summed E-state index contributed by atoms with van der Waals surface area (Å²) in [6.07, 6.45) is 0.812. The molecule has 8 nitrogen and oxygen atoms in total. The molecule has 1 aliphatic heterocycles. The van der Waals surface area contributed by atoms with Crippen LogP contribution >= 0.6 is 11.6 Å².